The van der Waals surface area contributed by atoms with E-state index < -0.39 is 0 Å². The van der Waals surface area contributed by atoms with Crippen LogP contribution in [-0.2, 0) is 71.1 Å². The van der Waals surface area contributed by atoms with Gasteiger partial charge in [0.15, 0.2) is 0 Å². The van der Waals surface area contributed by atoms with Gasteiger partial charge in [0.05, 0.1) is 11.4 Å². The van der Waals surface area contributed by atoms with E-state index in [0.29, 0.717) is 0 Å². The van der Waals surface area contributed by atoms with Crippen LogP contribution in [0.25, 0.3) is 33.4 Å². The standard InChI is InChI=1S/C29H26N2.C28H25N3.C25H19N3.3Ir/c1-29(2,3)23-14-11-15-24(20-23)30-21-31(28-19-10-9-18-27(28)30)26-17-8-7-16-25(26)22-12-5-4-6-13-22;1-28(2,3)22-13-9-14-23(19-22)30-20-31(27-26(30)17-10-18-29-27)25-16-8-7-15-24(25)21-11-5-4-6-12-21;1-19-17-21(20-9-4-2-5-10-20)14-15-23(19)28-18-27(22-11-6-3-7-12-22)25-24(28)13-8-16-26-25;;;/h4-14,16-21H,1-3H3;4-13,15-20H,1-3H3;2-11,13-18H,1H3;;;/q3*-2;;;. The largest absolute Gasteiger partial charge is 0.493 e. The fourth-order valence-corrected chi connectivity index (χ4v) is 11.7. The van der Waals surface area contributed by atoms with Crippen molar-refractivity contribution in [2.45, 2.75) is 59.3 Å². The molecular weight excluding hydrogens is 1670 g/mol. The molecule has 10 aromatic carbocycles. The summed E-state index contributed by atoms with van der Waals surface area (Å²) < 4.78 is 0. The number of aromatic nitrogens is 2. The van der Waals surface area contributed by atoms with Crippen molar-refractivity contribution in [3.05, 3.63) is 334 Å². The molecule has 0 bridgehead atoms. The van der Waals surface area contributed by atoms with E-state index in [4.69, 9.17) is 4.98 Å². The molecule has 0 N–H and O–H groups in total. The first kappa shape index (κ1) is 67.1. The van der Waals surface area contributed by atoms with Gasteiger partial charge in [-0.05, 0) is 106 Å². The monoisotopic (exact) mass is 1750 g/mol. The Kier molecular flexibility index (Phi) is 21.3. The number of nitrogens with zero attached hydrogens (tertiary/aromatic N) is 8. The number of fused-ring (bicyclic) bond motifs is 3. The maximum Gasteiger partial charge on any atom is 0.126 e. The third-order valence-corrected chi connectivity index (χ3v) is 16.4. The van der Waals surface area contributed by atoms with Crippen molar-refractivity contribution in [2.75, 3.05) is 29.4 Å². The number of hydrogen-bond acceptors (Lipinski definition) is 8. The van der Waals surface area contributed by atoms with Crippen LogP contribution in [0.15, 0.2) is 279 Å². The molecule has 8 nitrogen and oxygen atoms in total. The number of aryl methyl sites for hydroxylation is 1. The molecule has 3 radical (unpaired) electrons. The van der Waals surface area contributed by atoms with Gasteiger partial charge in [-0.3, -0.25) is 0 Å². The van der Waals surface area contributed by atoms with Crippen LogP contribution in [0, 0.1) is 45.1 Å². The third-order valence-electron chi connectivity index (χ3n) is 16.4. The van der Waals surface area contributed by atoms with Crippen molar-refractivity contribution < 1.29 is 60.3 Å². The quantitative estimate of drug-likeness (QED) is 0.133. The third kappa shape index (κ3) is 14.4. The van der Waals surface area contributed by atoms with Crippen molar-refractivity contribution in [3.63, 3.8) is 0 Å². The van der Waals surface area contributed by atoms with E-state index in [1.165, 1.54) is 55.8 Å². The molecule has 0 atom stereocenters. The summed E-state index contributed by atoms with van der Waals surface area (Å²) in [5.74, 6) is 1.83. The van der Waals surface area contributed by atoms with Crippen molar-refractivity contribution in [1.82, 2.24) is 9.97 Å². The second-order valence-electron chi connectivity index (χ2n) is 24.6. The van der Waals surface area contributed by atoms with E-state index >= 15 is 0 Å². The van der Waals surface area contributed by atoms with E-state index in [9.17, 15) is 0 Å². The van der Waals surface area contributed by atoms with Crippen molar-refractivity contribution >= 4 is 68.5 Å². The smallest absolute Gasteiger partial charge is 0.126 e. The van der Waals surface area contributed by atoms with Crippen LogP contribution in [-0.4, -0.2) is 9.97 Å². The zero-order chi connectivity index (χ0) is 61.8. The van der Waals surface area contributed by atoms with E-state index in [0.717, 1.165) is 62.8 Å². The first-order valence-electron chi connectivity index (χ1n) is 30.6. The first-order chi connectivity index (χ1) is 43.9. The van der Waals surface area contributed by atoms with Crippen LogP contribution in [0.4, 0.5) is 68.5 Å². The number of hydrogen-bond donors (Lipinski definition) is 0. The van der Waals surface area contributed by atoms with Gasteiger partial charge >= 0.3 is 0 Å². The second kappa shape index (κ2) is 29.5. The van der Waals surface area contributed by atoms with Crippen molar-refractivity contribution in [2.24, 2.45) is 0 Å². The molecular formula is C82H70Ir3N8-6. The Labute approximate surface area is 590 Å². The summed E-state index contributed by atoms with van der Waals surface area (Å²) in [5.41, 5.74) is 22.1. The van der Waals surface area contributed by atoms with Crippen LogP contribution in [0.5, 0.6) is 0 Å². The molecule has 0 amide bonds. The predicted octanol–water partition coefficient (Wildman–Crippen LogP) is 21.4. The minimum absolute atomic E-state index is 0. The van der Waals surface area contributed by atoms with E-state index in [1.54, 1.807) is 0 Å². The molecule has 0 saturated carbocycles. The SMILES string of the molecule is CC(C)(C)c1cc[c-]c(N2[CH-]N(c3ccccc3-c3ccccc3)c3ccccc32)c1.CC(C)(C)c1cc[c-]c(N2[CH-]N(c3ccccc3-c3ccccc3)c3ncccc32)c1.Cc1cc(-c2ccccc2)ccc1N1[CH-]N(c2[c-]cccc2)c2ncccc21.[Ir].[Ir].[Ir]. The van der Waals surface area contributed by atoms with Crippen LogP contribution >= 0.6 is 0 Å². The summed E-state index contributed by atoms with van der Waals surface area (Å²) in [6, 6.07) is 103. The number of anilines is 12. The van der Waals surface area contributed by atoms with Gasteiger partial charge in [0.2, 0.25) is 0 Å². The Morgan fingerprint density at radius 2 is 0.699 bits per heavy atom. The van der Waals surface area contributed by atoms with E-state index in [-0.39, 0.29) is 71.1 Å². The minimum Gasteiger partial charge on any atom is -0.493 e. The molecule has 5 heterocycles. The Bertz CT molecular complexity index is 4250. The number of para-hydroxylation sites is 5. The molecule has 0 unspecified atom stereocenters. The van der Waals surface area contributed by atoms with E-state index in [1.807, 2.05) is 73.1 Å². The minimum atomic E-state index is 0. The summed E-state index contributed by atoms with van der Waals surface area (Å²) in [6.45, 7) is 22.0. The maximum atomic E-state index is 4.74. The van der Waals surface area contributed by atoms with Crippen molar-refractivity contribution in [3.8, 4) is 33.4 Å². The number of pyridine rings is 2. The molecule has 11 heteroatoms. The second-order valence-corrected chi connectivity index (χ2v) is 24.6. The molecule has 0 saturated heterocycles. The van der Waals surface area contributed by atoms with Gasteiger partial charge in [-0.1, -0.05) is 187 Å². The summed E-state index contributed by atoms with van der Waals surface area (Å²) in [5, 5.41) is 0. The topological polar surface area (TPSA) is 45.2 Å². The first-order valence-corrected chi connectivity index (χ1v) is 30.6. The van der Waals surface area contributed by atoms with E-state index in [2.05, 4.69) is 327 Å². The van der Waals surface area contributed by atoms with Gasteiger partial charge in [0.25, 0.3) is 0 Å². The van der Waals surface area contributed by atoms with Crippen LogP contribution in [0.2, 0.25) is 0 Å². The van der Waals surface area contributed by atoms with Crippen LogP contribution in [0.3, 0.4) is 0 Å². The predicted molar refractivity (Wildman–Crippen MR) is 374 cm³/mol. The Hall–Kier alpha value is -8.75. The number of rotatable bonds is 9. The van der Waals surface area contributed by atoms with Gasteiger partial charge < -0.3 is 29.4 Å². The summed E-state index contributed by atoms with van der Waals surface area (Å²) in [4.78, 5) is 22.5. The fraction of sp³-hybridized carbons (Fsp3) is 0.110. The Balaban J connectivity index is 0.000000150. The van der Waals surface area contributed by atoms with Gasteiger partial charge in [0, 0.05) is 112 Å². The Morgan fingerprint density at radius 3 is 1.22 bits per heavy atom. The zero-order valence-corrected chi connectivity index (χ0v) is 60.1. The molecule has 0 spiro atoms. The van der Waals surface area contributed by atoms with Crippen LogP contribution < -0.4 is 29.4 Å². The molecule has 471 valence electrons. The van der Waals surface area contributed by atoms with Crippen LogP contribution in [0.1, 0.15) is 58.2 Å². The summed E-state index contributed by atoms with van der Waals surface area (Å²) >= 11 is 0. The summed E-state index contributed by atoms with van der Waals surface area (Å²) in [7, 11) is 0. The molecule has 15 rings (SSSR count). The van der Waals surface area contributed by atoms with Crippen molar-refractivity contribution in [1.29, 1.82) is 0 Å². The molecule has 3 aliphatic rings. The maximum absolute atomic E-state index is 4.74. The fourth-order valence-electron chi connectivity index (χ4n) is 11.7. The average molecular weight is 1740 g/mol. The number of benzene rings is 10. The molecule has 0 aliphatic carbocycles. The van der Waals surface area contributed by atoms with Gasteiger partial charge in [0.1, 0.15) is 11.6 Å². The van der Waals surface area contributed by atoms with Gasteiger partial charge in [-0.25, -0.2) is 9.97 Å². The average Bonchev–Trinajstić information content (AvgIpc) is 1.67. The molecule has 2 aromatic heterocycles. The normalized spacial score (nSPS) is 12.8. The Morgan fingerprint density at radius 1 is 0.301 bits per heavy atom. The van der Waals surface area contributed by atoms with Gasteiger partial charge in [-0.2, -0.15) is 77.9 Å². The summed E-state index contributed by atoms with van der Waals surface area (Å²) in [6.07, 6.45) is 3.68. The molecule has 3 aliphatic heterocycles. The van der Waals surface area contributed by atoms with Gasteiger partial charge in [-0.15, -0.1) is 49.2 Å². The molecule has 12 aromatic rings. The molecule has 93 heavy (non-hydrogen) atoms. The zero-order valence-electron chi connectivity index (χ0n) is 52.9. The molecule has 0 fully saturated rings.